The van der Waals surface area contributed by atoms with Gasteiger partial charge in [0.2, 0.25) is 0 Å². The molecule has 0 bridgehead atoms. The number of hydrogen-bond donors (Lipinski definition) is 0. The lowest BCUT2D eigenvalue weighted by atomic mass is 10.1. The molecule has 0 N–H and O–H groups in total. The molecule has 0 saturated carbocycles. The molecule has 0 amide bonds. The predicted molar refractivity (Wildman–Crippen MR) is 34.2 cm³/mol. The van der Waals surface area contributed by atoms with Crippen LogP contribution >= 0.6 is 0 Å². The fourth-order valence-electron chi connectivity index (χ4n) is 1.88. The minimum absolute atomic E-state index is 0.338. The minimum atomic E-state index is 0.338. The van der Waals surface area contributed by atoms with Crippen molar-refractivity contribution >= 4 is 5.78 Å². The molecule has 2 fully saturated rings. The number of fused-ring (bicyclic) bond motifs is 1. The maximum Gasteiger partial charge on any atom is 0.151 e. The van der Waals surface area contributed by atoms with E-state index in [1.165, 1.54) is 6.42 Å². The summed E-state index contributed by atoms with van der Waals surface area (Å²) in [6.07, 6.45) is 3.17. The molecule has 0 spiro atoms. The summed E-state index contributed by atoms with van der Waals surface area (Å²) in [6, 6.07) is 0.338. The molecule has 2 heteroatoms. The summed E-state index contributed by atoms with van der Waals surface area (Å²) in [5.74, 6) is 0.479. The zero-order valence-corrected chi connectivity index (χ0v) is 5.47. The normalized spacial score (nSPS) is 35.6. The summed E-state index contributed by atoms with van der Waals surface area (Å²) >= 11 is 0. The maximum atomic E-state index is 11.0. The Morgan fingerprint density at radius 2 is 2.33 bits per heavy atom. The summed E-state index contributed by atoms with van der Waals surface area (Å²) in [5, 5.41) is 0. The van der Waals surface area contributed by atoms with E-state index < -0.39 is 0 Å². The Kier molecular flexibility index (Phi) is 1.09. The van der Waals surface area contributed by atoms with Crippen molar-refractivity contribution in [2.24, 2.45) is 0 Å². The molecule has 0 unspecified atom stereocenters. The molecular formula is C7H11NO. The minimum Gasteiger partial charge on any atom is -0.298 e. The SMILES string of the molecule is O=C1CCN2CCC[C@@H]12. The van der Waals surface area contributed by atoms with Gasteiger partial charge in [0.1, 0.15) is 0 Å². The molecule has 2 rings (SSSR count). The van der Waals surface area contributed by atoms with Gasteiger partial charge in [0.25, 0.3) is 0 Å². The molecule has 2 nitrogen and oxygen atoms in total. The van der Waals surface area contributed by atoms with Gasteiger partial charge in [-0.2, -0.15) is 0 Å². The van der Waals surface area contributed by atoms with Crippen LogP contribution in [-0.2, 0) is 4.79 Å². The van der Waals surface area contributed by atoms with Crippen molar-refractivity contribution in [3.63, 3.8) is 0 Å². The third kappa shape index (κ3) is 0.697. The smallest absolute Gasteiger partial charge is 0.151 e. The lowest BCUT2D eigenvalue weighted by molar-refractivity contribution is -0.119. The van der Waals surface area contributed by atoms with Crippen molar-refractivity contribution < 1.29 is 4.79 Å². The maximum absolute atomic E-state index is 11.0. The van der Waals surface area contributed by atoms with Gasteiger partial charge in [0.15, 0.2) is 5.78 Å². The first-order chi connectivity index (χ1) is 4.38. The molecule has 2 saturated heterocycles. The highest BCUT2D eigenvalue weighted by molar-refractivity contribution is 5.86. The number of rotatable bonds is 0. The lowest BCUT2D eigenvalue weighted by Crippen LogP contribution is -2.25. The number of Topliss-reactive ketones (excluding diaryl/α,β-unsaturated/α-hetero) is 1. The fourth-order valence-corrected chi connectivity index (χ4v) is 1.88. The molecule has 2 aliphatic rings. The molecule has 0 radical (unpaired) electrons. The number of hydrogen-bond acceptors (Lipinski definition) is 2. The van der Waals surface area contributed by atoms with E-state index in [-0.39, 0.29) is 0 Å². The van der Waals surface area contributed by atoms with Crippen LogP contribution in [0.25, 0.3) is 0 Å². The average Bonchev–Trinajstić information content (AvgIpc) is 2.35. The van der Waals surface area contributed by atoms with Gasteiger partial charge in [0.05, 0.1) is 6.04 Å². The summed E-state index contributed by atoms with van der Waals surface area (Å²) in [4.78, 5) is 13.3. The predicted octanol–water partition coefficient (Wildman–Crippen LogP) is 0.424. The first-order valence-corrected chi connectivity index (χ1v) is 3.65. The van der Waals surface area contributed by atoms with E-state index in [9.17, 15) is 4.79 Å². The summed E-state index contributed by atoms with van der Waals surface area (Å²) in [5.41, 5.74) is 0. The number of nitrogens with zero attached hydrogens (tertiary/aromatic N) is 1. The first kappa shape index (κ1) is 5.42. The second-order valence-electron chi connectivity index (χ2n) is 2.91. The van der Waals surface area contributed by atoms with Gasteiger partial charge in [-0.15, -0.1) is 0 Å². The van der Waals surface area contributed by atoms with Crippen molar-refractivity contribution in [2.75, 3.05) is 13.1 Å². The number of carbonyl (C=O) groups excluding carboxylic acids is 1. The van der Waals surface area contributed by atoms with Crippen LogP contribution in [0, 0.1) is 0 Å². The molecule has 0 aliphatic carbocycles. The summed E-state index contributed by atoms with van der Waals surface area (Å²) < 4.78 is 0. The zero-order chi connectivity index (χ0) is 6.27. The quantitative estimate of drug-likeness (QED) is 0.467. The Morgan fingerprint density at radius 1 is 1.44 bits per heavy atom. The van der Waals surface area contributed by atoms with Crippen LogP contribution < -0.4 is 0 Å². The first-order valence-electron chi connectivity index (χ1n) is 3.65. The van der Waals surface area contributed by atoms with E-state index in [0.717, 1.165) is 25.9 Å². The summed E-state index contributed by atoms with van der Waals surface area (Å²) in [6.45, 7) is 2.19. The highest BCUT2D eigenvalue weighted by Gasteiger charge is 2.35. The monoisotopic (exact) mass is 125 g/mol. The molecule has 9 heavy (non-hydrogen) atoms. The highest BCUT2D eigenvalue weighted by atomic mass is 16.1. The van der Waals surface area contributed by atoms with Gasteiger partial charge < -0.3 is 0 Å². The fraction of sp³-hybridized carbons (Fsp3) is 0.857. The van der Waals surface area contributed by atoms with E-state index in [4.69, 9.17) is 0 Å². The highest BCUT2D eigenvalue weighted by Crippen LogP contribution is 2.24. The second kappa shape index (κ2) is 1.81. The van der Waals surface area contributed by atoms with Gasteiger partial charge >= 0.3 is 0 Å². The average molecular weight is 125 g/mol. The van der Waals surface area contributed by atoms with E-state index in [1.807, 2.05) is 0 Å². The van der Waals surface area contributed by atoms with Crippen molar-refractivity contribution in [3.05, 3.63) is 0 Å². The third-order valence-electron chi connectivity index (χ3n) is 2.38. The van der Waals surface area contributed by atoms with E-state index in [2.05, 4.69) is 4.90 Å². The molecule has 2 heterocycles. The Bertz CT molecular complexity index is 144. The van der Waals surface area contributed by atoms with Gasteiger partial charge in [-0.1, -0.05) is 0 Å². The van der Waals surface area contributed by atoms with Crippen molar-refractivity contribution in [1.82, 2.24) is 4.90 Å². The van der Waals surface area contributed by atoms with Gasteiger partial charge in [-0.05, 0) is 19.4 Å². The summed E-state index contributed by atoms with van der Waals surface area (Å²) in [7, 11) is 0. The molecular weight excluding hydrogens is 114 g/mol. The van der Waals surface area contributed by atoms with Crippen molar-refractivity contribution in [2.45, 2.75) is 25.3 Å². The van der Waals surface area contributed by atoms with Crippen molar-refractivity contribution in [3.8, 4) is 0 Å². The molecule has 50 valence electrons. The van der Waals surface area contributed by atoms with Crippen LogP contribution in [0.2, 0.25) is 0 Å². The van der Waals surface area contributed by atoms with Crippen LogP contribution in [-0.4, -0.2) is 29.8 Å². The molecule has 2 aliphatic heterocycles. The van der Waals surface area contributed by atoms with E-state index in [1.54, 1.807) is 0 Å². The van der Waals surface area contributed by atoms with Gasteiger partial charge in [0, 0.05) is 13.0 Å². The number of ketones is 1. The molecule has 0 aromatic heterocycles. The second-order valence-corrected chi connectivity index (χ2v) is 2.91. The van der Waals surface area contributed by atoms with Crippen molar-refractivity contribution in [1.29, 1.82) is 0 Å². The van der Waals surface area contributed by atoms with Gasteiger partial charge in [-0.3, -0.25) is 9.69 Å². The van der Waals surface area contributed by atoms with Crippen LogP contribution in [0.3, 0.4) is 0 Å². The van der Waals surface area contributed by atoms with E-state index in [0.29, 0.717) is 11.8 Å². The Labute approximate surface area is 54.8 Å². The lowest BCUT2D eigenvalue weighted by Gasteiger charge is -2.10. The van der Waals surface area contributed by atoms with E-state index >= 15 is 0 Å². The van der Waals surface area contributed by atoms with Gasteiger partial charge in [-0.25, -0.2) is 0 Å². The standard InChI is InChI=1S/C7H11NO/c9-7-3-5-8-4-1-2-6(7)8/h6H,1-5H2/t6-/m0/s1. The van der Waals surface area contributed by atoms with Crippen LogP contribution in [0.15, 0.2) is 0 Å². The molecule has 1 atom stereocenters. The van der Waals surface area contributed by atoms with Crippen LogP contribution in [0.5, 0.6) is 0 Å². The van der Waals surface area contributed by atoms with Crippen LogP contribution in [0.4, 0.5) is 0 Å². The zero-order valence-electron chi connectivity index (χ0n) is 5.47. The van der Waals surface area contributed by atoms with Crippen LogP contribution in [0.1, 0.15) is 19.3 Å². The molecule has 0 aromatic carbocycles. The Hall–Kier alpha value is -0.370. The molecule has 0 aromatic rings. The largest absolute Gasteiger partial charge is 0.298 e. The Morgan fingerprint density at radius 3 is 3.11 bits per heavy atom. The third-order valence-corrected chi connectivity index (χ3v) is 2.38. The Balaban J connectivity index is 2.15. The number of carbonyl (C=O) groups is 1. The topological polar surface area (TPSA) is 20.3 Å².